The minimum absolute atomic E-state index is 0. The average Bonchev–Trinajstić information content (AvgIpc) is 1.87. The van der Waals surface area contributed by atoms with Crippen LogP contribution in [0.1, 0.15) is 6.92 Å². The van der Waals surface area contributed by atoms with Crippen molar-refractivity contribution in [2.45, 2.75) is 13.0 Å². The molecule has 0 heterocycles. The fourth-order valence-electron chi connectivity index (χ4n) is 0.426. The first-order valence-corrected chi connectivity index (χ1v) is 3.41. The standard InChI is InChI=1S/C6H11ClN2.ClH/c1-6(5-8)9(2)4-3-7;/h6H,3-4H2,1-2H3;1H. The smallest absolute Gasteiger partial charge is 0.0947 e. The summed E-state index contributed by atoms with van der Waals surface area (Å²) in [6.45, 7) is 2.63. The van der Waals surface area contributed by atoms with Crippen molar-refractivity contribution in [2.24, 2.45) is 0 Å². The Balaban J connectivity index is 0. The number of hydrogen-bond acceptors (Lipinski definition) is 2. The van der Waals surface area contributed by atoms with Crippen molar-refractivity contribution in [1.29, 1.82) is 5.26 Å². The van der Waals surface area contributed by atoms with E-state index in [0.29, 0.717) is 5.88 Å². The van der Waals surface area contributed by atoms with Crippen LogP contribution in [-0.2, 0) is 0 Å². The topological polar surface area (TPSA) is 27.0 Å². The summed E-state index contributed by atoms with van der Waals surface area (Å²) in [7, 11) is 1.89. The molecule has 10 heavy (non-hydrogen) atoms. The van der Waals surface area contributed by atoms with Crippen molar-refractivity contribution in [3.8, 4) is 6.07 Å². The highest BCUT2D eigenvalue weighted by Gasteiger charge is 2.04. The minimum atomic E-state index is -0.0243. The fourth-order valence-corrected chi connectivity index (χ4v) is 0.692. The first kappa shape index (κ1) is 12.7. The van der Waals surface area contributed by atoms with E-state index in [0.717, 1.165) is 6.54 Å². The van der Waals surface area contributed by atoms with Crippen molar-refractivity contribution in [1.82, 2.24) is 4.90 Å². The van der Waals surface area contributed by atoms with Gasteiger partial charge in [0.15, 0.2) is 0 Å². The Kier molecular flexibility index (Phi) is 9.06. The van der Waals surface area contributed by atoms with Crippen LogP contribution in [0.4, 0.5) is 0 Å². The van der Waals surface area contributed by atoms with Crippen molar-refractivity contribution in [2.75, 3.05) is 19.5 Å². The molecule has 0 saturated carbocycles. The Morgan fingerprint density at radius 3 is 2.50 bits per heavy atom. The van der Waals surface area contributed by atoms with E-state index in [2.05, 4.69) is 6.07 Å². The second-order valence-electron chi connectivity index (χ2n) is 1.97. The van der Waals surface area contributed by atoms with Gasteiger partial charge in [-0.05, 0) is 14.0 Å². The molecule has 0 radical (unpaired) electrons. The van der Waals surface area contributed by atoms with Gasteiger partial charge in [0.05, 0.1) is 12.1 Å². The van der Waals surface area contributed by atoms with Gasteiger partial charge in [0.2, 0.25) is 0 Å². The number of nitrogens with zero attached hydrogens (tertiary/aromatic N) is 2. The van der Waals surface area contributed by atoms with E-state index in [-0.39, 0.29) is 18.4 Å². The summed E-state index contributed by atoms with van der Waals surface area (Å²) in [5, 5.41) is 8.40. The molecule has 4 heteroatoms. The number of nitriles is 1. The number of rotatable bonds is 3. The quantitative estimate of drug-likeness (QED) is 0.620. The van der Waals surface area contributed by atoms with Crippen LogP contribution in [0.15, 0.2) is 0 Å². The van der Waals surface area contributed by atoms with Crippen molar-refractivity contribution >= 4 is 24.0 Å². The van der Waals surface area contributed by atoms with E-state index >= 15 is 0 Å². The third-order valence-electron chi connectivity index (χ3n) is 1.29. The van der Waals surface area contributed by atoms with E-state index < -0.39 is 0 Å². The summed E-state index contributed by atoms with van der Waals surface area (Å²) in [6, 6.07) is 2.09. The third kappa shape index (κ3) is 4.87. The molecule has 1 atom stereocenters. The van der Waals surface area contributed by atoms with E-state index in [1.807, 2.05) is 18.9 Å². The third-order valence-corrected chi connectivity index (χ3v) is 1.45. The summed E-state index contributed by atoms with van der Waals surface area (Å²) in [4.78, 5) is 1.91. The average molecular weight is 183 g/mol. The number of hydrogen-bond donors (Lipinski definition) is 0. The highest BCUT2D eigenvalue weighted by Crippen LogP contribution is 1.92. The summed E-state index contributed by atoms with van der Waals surface area (Å²) < 4.78 is 0. The second kappa shape index (κ2) is 7.14. The first-order valence-electron chi connectivity index (χ1n) is 2.88. The maximum Gasteiger partial charge on any atom is 0.0947 e. The van der Waals surface area contributed by atoms with Crippen LogP contribution in [-0.4, -0.2) is 30.4 Å². The molecule has 0 aromatic heterocycles. The van der Waals surface area contributed by atoms with Crippen molar-refractivity contribution in [3.05, 3.63) is 0 Å². The predicted octanol–water partition coefficient (Wildman–Crippen LogP) is 1.49. The van der Waals surface area contributed by atoms with Gasteiger partial charge in [-0.1, -0.05) is 0 Å². The molecule has 1 unspecified atom stereocenters. The number of halogens is 2. The zero-order valence-electron chi connectivity index (χ0n) is 6.17. The van der Waals surface area contributed by atoms with Crippen LogP contribution in [0.5, 0.6) is 0 Å². The molecule has 0 aliphatic carbocycles. The molecule has 0 amide bonds. The SMILES string of the molecule is CC(C#N)N(C)CCCl.Cl. The Morgan fingerprint density at radius 1 is 1.70 bits per heavy atom. The van der Waals surface area contributed by atoms with Gasteiger partial charge in [0, 0.05) is 12.4 Å². The molecule has 0 aliphatic rings. The largest absolute Gasteiger partial charge is 0.290 e. The molecule has 0 bridgehead atoms. The molecule has 0 spiro atoms. The van der Waals surface area contributed by atoms with Gasteiger partial charge >= 0.3 is 0 Å². The lowest BCUT2D eigenvalue weighted by molar-refractivity contribution is 0.321. The van der Waals surface area contributed by atoms with Gasteiger partial charge in [-0.15, -0.1) is 24.0 Å². The van der Waals surface area contributed by atoms with Gasteiger partial charge in [-0.2, -0.15) is 5.26 Å². The summed E-state index contributed by atoms with van der Waals surface area (Å²) in [5.41, 5.74) is 0. The highest BCUT2D eigenvalue weighted by molar-refractivity contribution is 6.18. The number of alkyl halides is 1. The van der Waals surface area contributed by atoms with E-state index in [1.54, 1.807) is 0 Å². The van der Waals surface area contributed by atoms with E-state index in [1.165, 1.54) is 0 Å². The summed E-state index contributed by atoms with van der Waals surface area (Å²) >= 11 is 5.45. The van der Waals surface area contributed by atoms with Gasteiger partial charge in [0.25, 0.3) is 0 Å². The zero-order chi connectivity index (χ0) is 7.28. The molecule has 0 N–H and O–H groups in total. The lowest BCUT2D eigenvalue weighted by atomic mass is 10.3. The van der Waals surface area contributed by atoms with E-state index in [9.17, 15) is 0 Å². The van der Waals surface area contributed by atoms with E-state index in [4.69, 9.17) is 16.9 Å². The molecule has 0 rings (SSSR count). The lowest BCUT2D eigenvalue weighted by Gasteiger charge is -2.16. The zero-order valence-corrected chi connectivity index (χ0v) is 7.74. The fraction of sp³-hybridized carbons (Fsp3) is 0.833. The molecule has 0 saturated heterocycles. The Hall–Kier alpha value is 0.0300. The minimum Gasteiger partial charge on any atom is -0.290 e. The first-order chi connectivity index (χ1) is 4.22. The lowest BCUT2D eigenvalue weighted by Crippen LogP contribution is -2.29. The van der Waals surface area contributed by atoms with Gasteiger partial charge < -0.3 is 0 Å². The van der Waals surface area contributed by atoms with Crippen LogP contribution in [0.2, 0.25) is 0 Å². The van der Waals surface area contributed by atoms with Crippen LogP contribution < -0.4 is 0 Å². The molecule has 0 aliphatic heterocycles. The molecular weight excluding hydrogens is 171 g/mol. The van der Waals surface area contributed by atoms with Gasteiger partial charge in [-0.25, -0.2) is 0 Å². The van der Waals surface area contributed by atoms with Crippen LogP contribution in [0, 0.1) is 11.3 Å². The maximum absolute atomic E-state index is 8.40. The molecule has 0 aromatic carbocycles. The van der Waals surface area contributed by atoms with Crippen LogP contribution in [0.25, 0.3) is 0 Å². The van der Waals surface area contributed by atoms with Crippen LogP contribution >= 0.6 is 24.0 Å². The Bertz CT molecular complexity index is 111. The molecular formula is C6H12Cl2N2. The Labute approximate surface area is 73.2 Å². The van der Waals surface area contributed by atoms with Gasteiger partial charge in [-0.3, -0.25) is 4.90 Å². The van der Waals surface area contributed by atoms with Gasteiger partial charge in [0.1, 0.15) is 0 Å². The summed E-state index contributed by atoms with van der Waals surface area (Å²) in [5.74, 6) is 0.586. The Morgan fingerprint density at radius 2 is 2.20 bits per heavy atom. The van der Waals surface area contributed by atoms with Crippen molar-refractivity contribution < 1.29 is 0 Å². The molecule has 0 fully saturated rings. The normalized spacial score (nSPS) is 11.9. The molecule has 0 aromatic rings. The maximum atomic E-state index is 8.40. The van der Waals surface area contributed by atoms with Crippen molar-refractivity contribution in [3.63, 3.8) is 0 Å². The highest BCUT2D eigenvalue weighted by atomic mass is 35.5. The van der Waals surface area contributed by atoms with Crippen LogP contribution in [0.3, 0.4) is 0 Å². The predicted molar refractivity (Wildman–Crippen MR) is 45.7 cm³/mol. The molecule has 60 valence electrons. The second-order valence-corrected chi connectivity index (χ2v) is 2.35. The monoisotopic (exact) mass is 182 g/mol. The molecule has 2 nitrogen and oxygen atoms in total. The summed E-state index contributed by atoms with van der Waals surface area (Å²) in [6.07, 6.45) is 0.